The third-order valence-electron chi connectivity index (χ3n) is 4.76. The molecule has 0 aromatic heterocycles. The molecule has 0 spiro atoms. The van der Waals surface area contributed by atoms with E-state index in [1.165, 1.54) is 5.56 Å². The number of hydrogen-bond donors (Lipinski definition) is 1. The molecule has 4 nitrogen and oxygen atoms in total. The molecule has 2 aliphatic rings. The molecule has 2 heterocycles. The number of carbonyl (C=O) groups is 1. The van der Waals surface area contributed by atoms with Crippen molar-refractivity contribution in [3.05, 3.63) is 35.9 Å². The molecule has 2 unspecified atom stereocenters. The SMILES string of the molecule is Cl.O=C(C1CCCNC1)N(CCc1ccccc1)C1CCOC1. The lowest BCUT2D eigenvalue weighted by Crippen LogP contribution is -2.48. The predicted molar refractivity (Wildman–Crippen MR) is 93.9 cm³/mol. The van der Waals surface area contributed by atoms with Crippen LogP contribution in [0.4, 0.5) is 0 Å². The summed E-state index contributed by atoms with van der Waals surface area (Å²) >= 11 is 0. The van der Waals surface area contributed by atoms with Crippen molar-refractivity contribution in [3.8, 4) is 0 Å². The lowest BCUT2D eigenvalue weighted by atomic mass is 9.97. The topological polar surface area (TPSA) is 41.6 Å². The summed E-state index contributed by atoms with van der Waals surface area (Å²) in [5.74, 6) is 0.462. The average molecular weight is 339 g/mol. The second kappa shape index (κ2) is 9.26. The van der Waals surface area contributed by atoms with E-state index in [9.17, 15) is 4.79 Å². The van der Waals surface area contributed by atoms with Crippen LogP contribution in [0.5, 0.6) is 0 Å². The van der Waals surface area contributed by atoms with Gasteiger partial charge in [0.15, 0.2) is 0 Å². The molecule has 2 fully saturated rings. The molecule has 1 aromatic carbocycles. The molecule has 1 amide bonds. The van der Waals surface area contributed by atoms with Gasteiger partial charge in [0.1, 0.15) is 0 Å². The summed E-state index contributed by atoms with van der Waals surface area (Å²) < 4.78 is 5.52. The lowest BCUT2D eigenvalue weighted by molar-refractivity contribution is -0.138. The maximum atomic E-state index is 12.9. The molecule has 3 rings (SSSR count). The van der Waals surface area contributed by atoms with Crippen LogP contribution in [0.3, 0.4) is 0 Å². The fourth-order valence-electron chi connectivity index (χ4n) is 3.43. The van der Waals surface area contributed by atoms with Crippen molar-refractivity contribution in [2.24, 2.45) is 5.92 Å². The monoisotopic (exact) mass is 338 g/mol. The summed E-state index contributed by atoms with van der Waals surface area (Å²) in [4.78, 5) is 15.0. The van der Waals surface area contributed by atoms with Gasteiger partial charge >= 0.3 is 0 Å². The second-order valence-corrected chi connectivity index (χ2v) is 6.33. The van der Waals surface area contributed by atoms with Crippen LogP contribution in [0, 0.1) is 5.92 Å². The van der Waals surface area contributed by atoms with Gasteiger partial charge in [0.05, 0.1) is 18.6 Å². The minimum Gasteiger partial charge on any atom is -0.379 e. The maximum Gasteiger partial charge on any atom is 0.227 e. The number of hydrogen-bond acceptors (Lipinski definition) is 3. The van der Waals surface area contributed by atoms with E-state index in [1.54, 1.807) is 0 Å². The molecular formula is C18H27ClN2O2. The number of halogens is 1. The first-order chi connectivity index (χ1) is 10.8. The highest BCUT2D eigenvalue weighted by Gasteiger charge is 2.32. The third-order valence-corrected chi connectivity index (χ3v) is 4.76. The molecule has 2 saturated heterocycles. The first-order valence-corrected chi connectivity index (χ1v) is 8.47. The van der Waals surface area contributed by atoms with Crippen LogP contribution in [0.1, 0.15) is 24.8 Å². The van der Waals surface area contributed by atoms with E-state index in [2.05, 4.69) is 34.5 Å². The van der Waals surface area contributed by atoms with Gasteiger partial charge in [-0.1, -0.05) is 30.3 Å². The Bertz CT molecular complexity index is 471. The summed E-state index contributed by atoms with van der Waals surface area (Å²) in [5.41, 5.74) is 1.29. The third kappa shape index (κ3) is 4.93. The number of nitrogens with one attached hydrogen (secondary N) is 1. The first kappa shape index (κ1) is 18.2. The van der Waals surface area contributed by atoms with Crippen molar-refractivity contribution in [3.63, 3.8) is 0 Å². The van der Waals surface area contributed by atoms with Crippen molar-refractivity contribution in [2.45, 2.75) is 31.7 Å². The standard InChI is InChI=1S/C18H26N2O2.ClH/c21-18(16-7-4-10-19-13-16)20(17-9-12-22-14-17)11-8-15-5-2-1-3-6-15;/h1-3,5-6,16-17,19H,4,7-14H2;1H. The second-order valence-electron chi connectivity index (χ2n) is 6.33. The summed E-state index contributed by atoms with van der Waals surface area (Å²) in [6.07, 6.45) is 4.01. The van der Waals surface area contributed by atoms with Crippen LogP contribution in [-0.2, 0) is 16.0 Å². The number of nitrogens with zero attached hydrogens (tertiary/aromatic N) is 1. The Morgan fingerprint density at radius 1 is 1.26 bits per heavy atom. The molecule has 1 aromatic rings. The summed E-state index contributed by atoms with van der Waals surface area (Å²) in [6.45, 7) is 4.14. The Balaban J connectivity index is 0.00000192. The quantitative estimate of drug-likeness (QED) is 0.895. The normalized spacial score (nSPS) is 24.0. The van der Waals surface area contributed by atoms with E-state index < -0.39 is 0 Å². The zero-order chi connectivity index (χ0) is 15.2. The zero-order valence-corrected chi connectivity index (χ0v) is 14.4. The highest BCUT2D eigenvalue weighted by molar-refractivity contribution is 5.85. The highest BCUT2D eigenvalue weighted by Crippen LogP contribution is 2.20. The Labute approximate surface area is 145 Å². The summed E-state index contributed by atoms with van der Waals surface area (Å²) in [7, 11) is 0. The number of ether oxygens (including phenoxy) is 1. The zero-order valence-electron chi connectivity index (χ0n) is 13.6. The fraction of sp³-hybridized carbons (Fsp3) is 0.611. The van der Waals surface area contributed by atoms with Gasteiger partial charge in [-0.05, 0) is 37.8 Å². The minimum absolute atomic E-state index is 0. The Hall–Kier alpha value is -1.10. The Morgan fingerprint density at radius 2 is 2.09 bits per heavy atom. The van der Waals surface area contributed by atoms with Crippen LogP contribution in [-0.4, -0.2) is 49.7 Å². The van der Waals surface area contributed by atoms with Crippen LogP contribution in [0.15, 0.2) is 30.3 Å². The van der Waals surface area contributed by atoms with Gasteiger partial charge in [-0.25, -0.2) is 0 Å². The van der Waals surface area contributed by atoms with Crippen molar-refractivity contribution in [1.29, 1.82) is 0 Å². The van der Waals surface area contributed by atoms with Gasteiger partial charge in [-0.2, -0.15) is 0 Å². The van der Waals surface area contributed by atoms with Gasteiger partial charge in [0.2, 0.25) is 5.91 Å². The van der Waals surface area contributed by atoms with Crippen molar-refractivity contribution in [1.82, 2.24) is 10.2 Å². The molecule has 0 saturated carbocycles. The van der Waals surface area contributed by atoms with E-state index in [0.29, 0.717) is 12.5 Å². The molecule has 128 valence electrons. The maximum absolute atomic E-state index is 12.9. The number of amides is 1. The first-order valence-electron chi connectivity index (χ1n) is 8.47. The van der Waals surface area contributed by atoms with E-state index in [1.807, 2.05) is 6.07 Å². The highest BCUT2D eigenvalue weighted by atomic mass is 35.5. The van der Waals surface area contributed by atoms with E-state index in [0.717, 1.165) is 51.9 Å². The molecule has 2 atom stereocenters. The van der Waals surface area contributed by atoms with Gasteiger partial charge in [0, 0.05) is 19.7 Å². The molecule has 1 N–H and O–H groups in total. The summed E-state index contributed by atoms with van der Waals surface area (Å²) in [5, 5.41) is 3.36. The minimum atomic E-state index is 0. The smallest absolute Gasteiger partial charge is 0.227 e. The largest absolute Gasteiger partial charge is 0.379 e. The molecule has 23 heavy (non-hydrogen) atoms. The van der Waals surface area contributed by atoms with E-state index >= 15 is 0 Å². The van der Waals surface area contributed by atoms with Crippen LogP contribution >= 0.6 is 12.4 Å². The van der Waals surface area contributed by atoms with Gasteiger partial charge in [-0.15, -0.1) is 12.4 Å². The van der Waals surface area contributed by atoms with Crippen molar-refractivity contribution in [2.75, 3.05) is 32.8 Å². The molecule has 2 aliphatic heterocycles. The molecular weight excluding hydrogens is 312 g/mol. The number of rotatable bonds is 5. The van der Waals surface area contributed by atoms with Crippen LogP contribution in [0.25, 0.3) is 0 Å². The van der Waals surface area contributed by atoms with Crippen molar-refractivity contribution >= 4 is 18.3 Å². The van der Waals surface area contributed by atoms with Crippen molar-refractivity contribution < 1.29 is 9.53 Å². The number of benzene rings is 1. The van der Waals surface area contributed by atoms with Crippen LogP contribution < -0.4 is 5.32 Å². The van der Waals surface area contributed by atoms with E-state index in [4.69, 9.17) is 4.74 Å². The number of carbonyl (C=O) groups excluding carboxylic acids is 1. The van der Waals surface area contributed by atoms with Gasteiger partial charge in [-0.3, -0.25) is 4.79 Å². The lowest BCUT2D eigenvalue weighted by Gasteiger charge is -2.33. The fourth-order valence-corrected chi connectivity index (χ4v) is 3.43. The average Bonchev–Trinajstić information content (AvgIpc) is 3.11. The summed E-state index contributed by atoms with van der Waals surface area (Å²) in [6, 6.07) is 10.7. The van der Waals surface area contributed by atoms with E-state index in [-0.39, 0.29) is 24.4 Å². The van der Waals surface area contributed by atoms with Gasteiger partial charge in [0.25, 0.3) is 0 Å². The van der Waals surface area contributed by atoms with Crippen LogP contribution in [0.2, 0.25) is 0 Å². The molecule has 0 radical (unpaired) electrons. The predicted octanol–water partition coefficient (Wildman–Crippen LogP) is 2.27. The molecule has 0 aliphatic carbocycles. The molecule has 5 heteroatoms. The van der Waals surface area contributed by atoms with Gasteiger partial charge < -0.3 is 15.0 Å². The molecule has 0 bridgehead atoms. The number of piperidine rings is 1. The Morgan fingerprint density at radius 3 is 2.74 bits per heavy atom. The Kier molecular flexibility index (Phi) is 7.34.